The van der Waals surface area contributed by atoms with Gasteiger partial charge in [-0.05, 0) is 51.3 Å². The van der Waals surface area contributed by atoms with Crippen molar-refractivity contribution in [3.8, 4) is 0 Å². The first-order chi connectivity index (χ1) is 14.3. The summed E-state index contributed by atoms with van der Waals surface area (Å²) < 4.78 is 0. The van der Waals surface area contributed by atoms with E-state index in [-0.39, 0.29) is 24.3 Å². The second kappa shape index (κ2) is 11.1. The highest BCUT2D eigenvalue weighted by Gasteiger charge is 2.34. The van der Waals surface area contributed by atoms with E-state index in [4.69, 9.17) is 11.1 Å². The van der Waals surface area contributed by atoms with Crippen molar-refractivity contribution in [3.05, 3.63) is 30.3 Å². The summed E-state index contributed by atoms with van der Waals surface area (Å²) in [6.45, 7) is 2.63. The number of benzene rings is 1. The molecule has 0 spiro atoms. The highest BCUT2D eigenvalue weighted by Crippen LogP contribution is 2.21. The van der Waals surface area contributed by atoms with Gasteiger partial charge in [0.2, 0.25) is 11.8 Å². The number of nitrogens with one attached hydrogen (secondary N) is 4. The maximum atomic E-state index is 13.2. The van der Waals surface area contributed by atoms with Crippen molar-refractivity contribution in [3.63, 3.8) is 0 Å². The maximum Gasteiger partial charge on any atom is 0.326 e. The van der Waals surface area contributed by atoms with Gasteiger partial charge in [0.1, 0.15) is 12.1 Å². The van der Waals surface area contributed by atoms with Crippen molar-refractivity contribution in [2.75, 3.05) is 18.0 Å². The number of nitrogens with zero attached hydrogens (tertiary/aromatic N) is 1. The van der Waals surface area contributed by atoms with E-state index in [1.807, 2.05) is 0 Å². The number of rotatable bonds is 10. The van der Waals surface area contributed by atoms with Crippen LogP contribution < -0.4 is 26.6 Å². The van der Waals surface area contributed by atoms with Crippen LogP contribution in [0.3, 0.4) is 0 Å². The van der Waals surface area contributed by atoms with Gasteiger partial charge < -0.3 is 26.8 Å². The number of nitrogens with two attached hydrogens (primary N) is 1. The summed E-state index contributed by atoms with van der Waals surface area (Å²) in [5, 5.41) is 25.4. The number of hydrogen-bond acceptors (Lipinski definition) is 5. The zero-order valence-electron chi connectivity index (χ0n) is 17.1. The predicted octanol–water partition coefficient (Wildman–Crippen LogP) is -0.00723. The molecule has 0 aliphatic carbocycles. The fraction of sp³-hybridized carbons (Fsp3) is 0.500. The second-order valence-electron chi connectivity index (χ2n) is 7.26. The molecule has 10 nitrogen and oxygen atoms in total. The molecular weight excluding hydrogens is 388 g/mol. The minimum atomic E-state index is -1.15. The maximum absolute atomic E-state index is 13.2. The Morgan fingerprint density at radius 2 is 2.03 bits per heavy atom. The smallest absolute Gasteiger partial charge is 0.326 e. The molecule has 2 amide bonds. The Bertz CT molecular complexity index is 751. The van der Waals surface area contributed by atoms with E-state index in [1.165, 1.54) is 4.90 Å². The van der Waals surface area contributed by atoms with Crippen LogP contribution in [-0.4, -0.2) is 60.1 Å². The first-order valence-electron chi connectivity index (χ1n) is 10.0. The van der Waals surface area contributed by atoms with E-state index in [0.717, 1.165) is 13.0 Å². The predicted molar refractivity (Wildman–Crippen MR) is 113 cm³/mol. The summed E-state index contributed by atoms with van der Waals surface area (Å²) in [5.41, 5.74) is 5.69. The van der Waals surface area contributed by atoms with Crippen LogP contribution in [0.2, 0.25) is 0 Å². The van der Waals surface area contributed by atoms with Crippen molar-refractivity contribution < 1.29 is 19.5 Å². The Kier molecular flexibility index (Phi) is 8.60. The van der Waals surface area contributed by atoms with Crippen LogP contribution in [-0.2, 0) is 14.4 Å². The fourth-order valence-electron chi connectivity index (χ4n) is 3.42. The summed E-state index contributed by atoms with van der Waals surface area (Å²) >= 11 is 0. The van der Waals surface area contributed by atoms with Crippen LogP contribution >= 0.6 is 0 Å². The molecule has 1 fully saturated rings. The SMILES string of the molecule is C[C@H](NC(=O)[C@@H]1CCCN1)C(=O)N(c1ccccc1)[C@@H](CCCNC(=N)N)C(=O)O. The fourth-order valence-corrected chi connectivity index (χ4v) is 3.42. The largest absolute Gasteiger partial charge is 0.480 e. The molecule has 0 saturated carbocycles. The highest BCUT2D eigenvalue weighted by molar-refractivity contribution is 6.03. The number of carbonyl (C=O) groups is 3. The van der Waals surface area contributed by atoms with E-state index in [2.05, 4.69) is 16.0 Å². The first kappa shape index (κ1) is 23.1. The Morgan fingerprint density at radius 3 is 2.60 bits per heavy atom. The lowest BCUT2D eigenvalue weighted by molar-refractivity contribution is -0.140. The minimum absolute atomic E-state index is 0.154. The molecule has 1 aromatic rings. The average Bonchev–Trinajstić information content (AvgIpc) is 3.25. The Hall–Kier alpha value is -3.14. The van der Waals surface area contributed by atoms with E-state index in [1.54, 1.807) is 37.3 Å². The number of carboxylic acid groups (broad SMARTS) is 1. The summed E-state index contributed by atoms with van der Waals surface area (Å²) in [4.78, 5) is 38.9. The summed E-state index contributed by atoms with van der Waals surface area (Å²) in [6, 6.07) is 6.18. The molecule has 0 aromatic heterocycles. The number of para-hydroxylation sites is 1. The van der Waals surface area contributed by atoms with Crippen molar-refractivity contribution >= 4 is 29.4 Å². The van der Waals surface area contributed by atoms with Crippen molar-refractivity contribution in [1.82, 2.24) is 16.0 Å². The number of guanidine groups is 1. The number of hydrogen-bond donors (Lipinski definition) is 6. The molecule has 10 heteroatoms. The van der Waals surface area contributed by atoms with Gasteiger partial charge in [0.15, 0.2) is 5.96 Å². The number of anilines is 1. The van der Waals surface area contributed by atoms with E-state index in [9.17, 15) is 19.5 Å². The quantitative estimate of drug-likeness (QED) is 0.177. The summed E-state index contributed by atoms with van der Waals surface area (Å²) in [7, 11) is 0. The lowest BCUT2D eigenvalue weighted by Gasteiger charge is -2.32. The first-order valence-corrected chi connectivity index (χ1v) is 10.0. The molecule has 164 valence electrons. The van der Waals surface area contributed by atoms with Crippen molar-refractivity contribution in [2.45, 2.75) is 50.7 Å². The molecular formula is C20H30N6O4. The van der Waals surface area contributed by atoms with Gasteiger partial charge in [0, 0.05) is 12.2 Å². The lowest BCUT2D eigenvalue weighted by atomic mass is 10.1. The lowest BCUT2D eigenvalue weighted by Crippen LogP contribution is -2.55. The van der Waals surface area contributed by atoms with E-state index < -0.39 is 24.0 Å². The van der Waals surface area contributed by atoms with Gasteiger partial charge >= 0.3 is 5.97 Å². The van der Waals surface area contributed by atoms with Gasteiger partial charge in [0.05, 0.1) is 6.04 Å². The van der Waals surface area contributed by atoms with Crippen LogP contribution in [0.25, 0.3) is 0 Å². The molecule has 1 aliphatic heterocycles. The van der Waals surface area contributed by atoms with Crippen LogP contribution in [0.1, 0.15) is 32.6 Å². The van der Waals surface area contributed by atoms with Gasteiger partial charge in [-0.2, -0.15) is 0 Å². The standard InChI is InChI=1S/C20H30N6O4/c1-13(25-17(27)15-9-5-11-23-15)18(28)26(14-7-3-2-4-8-14)16(19(29)30)10-6-12-24-20(21)22/h2-4,7-8,13,15-16,23H,5-6,9-12H2,1H3,(H,25,27)(H,29,30)(H4,21,22,24)/t13-,15-,16-/m0/s1. The Balaban J connectivity index is 2.17. The van der Waals surface area contributed by atoms with E-state index in [0.29, 0.717) is 25.1 Å². The summed E-state index contributed by atoms with van der Waals surface area (Å²) in [5.74, 6) is -2.11. The molecule has 3 atom stereocenters. The molecule has 1 aromatic carbocycles. The second-order valence-corrected chi connectivity index (χ2v) is 7.26. The molecule has 1 heterocycles. The molecule has 0 radical (unpaired) electrons. The van der Waals surface area contributed by atoms with Gasteiger partial charge in [0.25, 0.3) is 0 Å². The number of aliphatic carboxylic acids is 1. The third-order valence-electron chi connectivity index (χ3n) is 4.94. The molecule has 0 bridgehead atoms. The van der Waals surface area contributed by atoms with Gasteiger partial charge in [-0.15, -0.1) is 0 Å². The third-order valence-corrected chi connectivity index (χ3v) is 4.94. The number of amides is 2. The molecule has 0 unspecified atom stereocenters. The zero-order chi connectivity index (χ0) is 22.1. The van der Waals surface area contributed by atoms with Gasteiger partial charge in [-0.3, -0.25) is 19.9 Å². The molecule has 30 heavy (non-hydrogen) atoms. The monoisotopic (exact) mass is 418 g/mol. The van der Waals surface area contributed by atoms with Crippen LogP contribution in [0.5, 0.6) is 0 Å². The average molecular weight is 418 g/mol. The van der Waals surface area contributed by atoms with Crippen LogP contribution in [0.4, 0.5) is 5.69 Å². The van der Waals surface area contributed by atoms with Gasteiger partial charge in [-0.1, -0.05) is 18.2 Å². The molecule has 1 aliphatic rings. The normalized spacial score (nSPS) is 17.6. The van der Waals surface area contributed by atoms with Crippen molar-refractivity contribution in [1.29, 1.82) is 5.41 Å². The highest BCUT2D eigenvalue weighted by atomic mass is 16.4. The summed E-state index contributed by atoms with van der Waals surface area (Å²) in [6.07, 6.45) is 2.14. The topological polar surface area (TPSA) is 161 Å². The van der Waals surface area contributed by atoms with Crippen LogP contribution in [0, 0.1) is 5.41 Å². The zero-order valence-corrected chi connectivity index (χ0v) is 17.1. The Labute approximate surface area is 175 Å². The van der Waals surface area contributed by atoms with E-state index >= 15 is 0 Å². The number of carboxylic acids is 1. The molecule has 2 rings (SSSR count). The Morgan fingerprint density at radius 1 is 1.33 bits per heavy atom. The van der Waals surface area contributed by atoms with Crippen LogP contribution in [0.15, 0.2) is 30.3 Å². The third kappa shape index (κ3) is 6.45. The minimum Gasteiger partial charge on any atom is -0.480 e. The number of carbonyl (C=O) groups excluding carboxylic acids is 2. The molecule has 1 saturated heterocycles. The van der Waals surface area contributed by atoms with Gasteiger partial charge in [-0.25, -0.2) is 4.79 Å². The van der Waals surface area contributed by atoms with Crippen molar-refractivity contribution in [2.24, 2.45) is 5.73 Å². The molecule has 7 N–H and O–H groups in total.